The van der Waals surface area contributed by atoms with Gasteiger partial charge in [-0.2, -0.15) is 0 Å². The van der Waals surface area contributed by atoms with E-state index in [-0.39, 0.29) is 5.60 Å². The number of allylic oxidation sites excluding steroid dienone is 1. The molecular weight excluding hydrogens is 234 g/mol. The van der Waals surface area contributed by atoms with E-state index in [1.807, 2.05) is 36.5 Å². The first-order valence-electron chi connectivity index (χ1n) is 6.82. The first kappa shape index (κ1) is 13.8. The molecule has 0 saturated heterocycles. The predicted molar refractivity (Wildman–Crippen MR) is 80.5 cm³/mol. The molecule has 2 nitrogen and oxygen atoms in total. The molecule has 0 N–H and O–H groups in total. The summed E-state index contributed by atoms with van der Waals surface area (Å²) >= 11 is 0. The summed E-state index contributed by atoms with van der Waals surface area (Å²) in [5, 5.41) is 0. The average molecular weight is 255 g/mol. The Labute approximate surface area is 115 Å². The SMILES string of the molecule is CCCC1(OC)C=CC(N=Cc2ccccc2)=CC1. The van der Waals surface area contributed by atoms with Crippen molar-refractivity contribution in [1.82, 2.24) is 0 Å². The molecule has 0 aromatic heterocycles. The maximum absolute atomic E-state index is 5.65. The van der Waals surface area contributed by atoms with E-state index in [1.165, 1.54) is 0 Å². The Morgan fingerprint density at radius 3 is 2.68 bits per heavy atom. The van der Waals surface area contributed by atoms with Gasteiger partial charge in [-0.15, -0.1) is 0 Å². The van der Waals surface area contributed by atoms with Gasteiger partial charge < -0.3 is 4.74 Å². The van der Waals surface area contributed by atoms with Gasteiger partial charge in [0.25, 0.3) is 0 Å². The lowest BCUT2D eigenvalue weighted by Gasteiger charge is -2.30. The second-order valence-electron chi connectivity index (χ2n) is 4.85. The number of ether oxygens (including phenoxy) is 1. The fourth-order valence-electron chi connectivity index (χ4n) is 2.30. The highest BCUT2D eigenvalue weighted by molar-refractivity contribution is 5.80. The predicted octanol–water partition coefficient (Wildman–Crippen LogP) is 4.13. The summed E-state index contributed by atoms with van der Waals surface area (Å²) in [5.41, 5.74) is 2.00. The summed E-state index contributed by atoms with van der Waals surface area (Å²) in [5.74, 6) is 0. The Bertz CT molecular complexity index is 487. The Morgan fingerprint density at radius 2 is 2.11 bits per heavy atom. The molecule has 0 bridgehead atoms. The third-order valence-electron chi connectivity index (χ3n) is 3.46. The fourth-order valence-corrected chi connectivity index (χ4v) is 2.30. The Kier molecular flexibility index (Phi) is 4.69. The molecule has 0 amide bonds. The molecule has 0 aliphatic heterocycles. The second kappa shape index (κ2) is 6.48. The van der Waals surface area contributed by atoms with E-state index in [1.54, 1.807) is 7.11 Å². The van der Waals surface area contributed by atoms with E-state index in [0.29, 0.717) is 0 Å². The van der Waals surface area contributed by atoms with Gasteiger partial charge in [-0.1, -0.05) is 55.8 Å². The van der Waals surface area contributed by atoms with Gasteiger partial charge in [0.15, 0.2) is 0 Å². The van der Waals surface area contributed by atoms with E-state index in [9.17, 15) is 0 Å². The lowest BCUT2D eigenvalue weighted by Crippen LogP contribution is -2.29. The third-order valence-corrected chi connectivity index (χ3v) is 3.46. The van der Waals surface area contributed by atoms with Gasteiger partial charge in [0.1, 0.15) is 0 Å². The van der Waals surface area contributed by atoms with Crippen LogP contribution in [0.4, 0.5) is 0 Å². The van der Waals surface area contributed by atoms with Crippen LogP contribution in [0.3, 0.4) is 0 Å². The van der Waals surface area contributed by atoms with Crippen LogP contribution in [0.15, 0.2) is 59.2 Å². The number of benzene rings is 1. The summed E-state index contributed by atoms with van der Waals surface area (Å²) < 4.78 is 5.65. The zero-order valence-electron chi connectivity index (χ0n) is 11.7. The van der Waals surface area contributed by atoms with Crippen molar-refractivity contribution < 1.29 is 4.74 Å². The standard InChI is InChI=1S/C17H21NO/c1-3-11-17(19-2)12-9-16(10-13-17)18-14-15-7-5-4-6-8-15/h4-10,12,14H,3,11,13H2,1-2H3. The van der Waals surface area contributed by atoms with Crippen molar-refractivity contribution >= 4 is 6.21 Å². The molecule has 1 atom stereocenters. The van der Waals surface area contributed by atoms with Gasteiger partial charge in [-0.3, -0.25) is 4.99 Å². The van der Waals surface area contributed by atoms with Crippen LogP contribution < -0.4 is 0 Å². The maximum atomic E-state index is 5.65. The number of aliphatic imine (C=N–C) groups is 1. The van der Waals surface area contributed by atoms with Crippen LogP contribution in [0.5, 0.6) is 0 Å². The number of nitrogens with zero attached hydrogens (tertiary/aromatic N) is 1. The van der Waals surface area contributed by atoms with Crippen molar-refractivity contribution in [3.63, 3.8) is 0 Å². The van der Waals surface area contributed by atoms with E-state index in [2.05, 4.69) is 30.1 Å². The van der Waals surface area contributed by atoms with E-state index < -0.39 is 0 Å². The molecule has 0 radical (unpaired) electrons. The normalized spacial score (nSPS) is 22.7. The van der Waals surface area contributed by atoms with Crippen molar-refractivity contribution in [3.8, 4) is 0 Å². The molecule has 1 aliphatic carbocycles. The van der Waals surface area contributed by atoms with Gasteiger partial charge in [0.2, 0.25) is 0 Å². The molecule has 1 unspecified atom stereocenters. The zero-order chi connectivity index (χ0) is 13.6. The van der Waals surface area contributed by atoms with Gasteiger partial charge in [-0.05, 0) is 18.1 Å². The quantitative estimate of drug-likeness (QED) is 0.725. The topological polar surface area (TPSA) is 21.6 Å². The average Bonchev–Trinajstić information content (AvgIpc) is 2.48. The lowest BCUT2D eigenvalue weighted by molar-refractivity contribution is 0.0257. The van der Waals surface area contributed by atoms with Crippen LogP contribution in [0.2, 0.25) is 0 Å². The summed E-state index contributed by atoms with van der Waals surface area (Å²) in [6.45, 7) is 2.18. The molecule has 1 aromatic rings. The van der Waals surface area contributed by atoms with E-state index >= 15 is 0 Å². The minimum atomic E-state index is -0.124. The molecule has 1 aliphatic rings. The summed E-state index contributed by atoms with van der Waals surface area (Å²) in [7, 11) is 1.78. The highest BCUT2D eigenvalue weighted by atomic mass is 16.5. The van der Waals surface area contributed by atoms with Crippen molar-refractivity contribution in [2.24, 2.45) is 4.99 Å². The summed E-state index contributed by atoms with van der Waals surface area (Å²) in [6.07, 6.45) is 11.3. The monoisotopic (exact) mass is 255 g/mol. The number of hydrogen-bond acceptors (Lipinski definition) is 2. The van der Waals surface area contributed by atoms with Crippen molar-refractivity contribution in [2.45, 2.75) is 31.8 Å². The molecule has 2 heteroatoms. The number of rotatable bonds is 5. The molecule has 0 fully saturated rings. The van der Waals surface area contributed by atoms with Crippen LogP contribution in [0, 0.1) is 0 Å². The molecule has 19 heavy (non-hydrogen) atoms. The van der Waals surface area contributed by atoms with Gasteiger partial charge >= 0.3 is 0 Å². The Balaban J connectivity index is 2.02. The zero-order valence-corrected chi connectivity index (χ0v) is 11.7. The molecule has 0 saturated carbocycles. The van der Waals surface area contributed by atoms with E-state index in [4.69, 9.17) is 4.74 Å². The molecule has 0 heterocycles. The van der Waals surface area contributed by atoms with Crippen molar-refractivity contribution in [3.05, 3.63) is 59.8 Å². The molecule has 0 spiro atoms. The van der Waals surface area contributed by atoms with Crippen LogP contribution in [-0.2, 0) is 4.74 Å². The minimum absolute atomic E-state index is 0.124. The minimum Gasteiger partial charge on any atom is -0.374 e. The van der Waals surface area contributed by atoms with Crippen LogP contribution >= 0.6 is 0 Å². The maximum Gasteiger partial charge on any atom is 0.0897 e. The van der Waals surface area contributed by atoms with Crippen LogP contribution in [0.1, 0.15) is 31.7 Å². The van der Waals surface area contributed by atoms with Gasteiger partial charge in [0, 0.05) is 19.7 Å². The van der Waals surface area contributed by atoms with Gasteiger partial charge in [0.05, 0.1) is 11.3 Å². The number of hydrogen-bond donors (Lipinski definition) is 0. The van der Waals surface area contributed by atoms with E-state index in [0.717, 1.165) is 30.5 Å². The number of methoxy groups -OCH3 is 1. The van der Waals surface area contributed by atoms with Gasteiger partial charge in [-0.25, -0.2) is 0 Å². The first-order valence-corrected chi connectivity index (χ1v) is 6.82. The summed E-state index contributed by atoms with van der Waals surface area (Å²) in [6, 6.07) is 10.1. The van der Waals surface area contributed by atoms with Crippen LogP contribution in [0.25, 0.3) is 0 Å². The molecule has 100 valence electrons. The second-order valence-corrected chi connectivity index (χ2v) is 4.85. The molecule has 2 rings (SSSR count). The smallest absolute Gasteiger partial charge is 0.0897 e. The molecule has 1 aromatic carbocycles. The molecular formula is C17H21NO. The van der Waals surface area contributed by atoms with Crippen molar-refractivity contribution in [1.29, 1.82) is 0 Å². The Hall–Kier alpha value is -1.67. The van der Waals surface area contributed by atoms with Crippen LogP contribution in [-0.4, -0.2) is 18.9 Å². The highest BCUT2D eigenvalue weighted by Gasteiger charge is 2.26. The fraction of sp³-hybridized carbons (Fsp3) is 0.353. The largest absolute Gasteiger partial charge is 0.374 e. The lowest BCUT2D eigenvalue weighted by atomic mass is 9.89. The van der Waals surface area contributed by atoms with Crippen molar-refractivity contribution in [2.75, 3.05) is 7.11 Å². The third kappa shape index (κ3) is 3.65. The summed E-state index contributed by atoms with van der Waals surface area (Å²) in [4.78, 5) is 4.51. The Morgan fingerprint density at radius 1 is 1.32 bits per heavy atom. The first-order chi connectivity index (χ1) is 9.28. The highest BCUT2D eigenvalue weighted by Crippen LogP contribution is 2.29.